The summed E-state index contributed by atoms with van der Waals surface area (Å²) in [4.78, 5) is 0. The molecule has 2 rings (SSSR count). The van der Waals surface area contributed by atoms with Crippen LogP contribution in [0.15, 0.2) is 51.4 Å². The molecule has 0 spiro atoms. The molecule has 0 fully saturated rings. The van der Waals surface area contributed by atoms with Crippen molar-refractivity contribution in [2.75, 3.05) is 0 Å². The van der Waals surface area contributed by atoms with Gasteiger partial charge in [-0.25, -0.2) is 0 Å². The van der Waals surface area contributed by atoms with Crippen molar-refractivity contribution in [1.82, 2.24) is 0 Å². The normalized spacial score (nSPS) is 13.2. The van der Waals surface area contributed by atoms with Gasteiger partial charge in [0.2, 0.25) is 0 Å². The Morgan fingerprint density at radius 1 is 1.00 bits per heavy atom. The molecule has 0 aliphatic carbocycles. The van der Waals surface area contributed by atoms with Crippen molar-refractivity contribution in [3.63, 3.8) is 0 Å². The number of alkyl halides is 3. The molecule has 2 N–H and O–H groups in total. The van der Waals surface area contributed by atoms with Crippen LogP contribution in [0, 0.1) is 0 Å². The first-order valence-electron chi connectivity index (χ1n) is 6.64. The van der Waals surface area contributed by atoms with Gasteiger partial charge < -0.3 is 5.73 Å². The maximum atomic E-state index is 12.7. The van der Waals surface area contributed by atoms with E-state index in [9.17, 15) is 13.2 Å². The highest BCUT2D eigenvalue weighted by atomic mass is 79.9. The number of hydrogen-bond acceptors (Lipinski definition) is 1. The van der Waals surface area contributed by atoms with E-state index in [0.717, 1.165) is 26.6 Å². The molecule has 0 radical (unpaired) electrons. The molecule has 6 heteroatoms. The number of hydrogen-bond donors (Lipinski definition) is 1. The molecule has 1 nitrogen and oxygen atoms in total. The maximum absolute atomic E-state index is 12.7. The first-order valence-corrected chi connectivity index (χ1v) is 8.23. The van der Waals surface area contributed by atoms with Crippen LogP contribution in [0.1, 0.15) is 29.2 Å². The Morgan fingerprint density at radius 3 is 2.18 bits per heavy atom. The Hall–Kier alpha value is -0.850. The summed E-state index contributed by atoms with van der Waals surface area (Å²) in [6.07, 6.45) is -3.12. The van der Waals surface area contributed by atoms with Crippen molar-refractivity contribution in [3.05, 3.63) is 68.1 Å². The molecule has 0 bridgehead atoms. The second-order valence-corrected chi connectivity index (χ2v) is 6.68. The highest BCUT2D eigenvalue weighted by molar-refractivity contribution is 9.11. The summed E-state index contributed by atoms with van der Waals surface area (Å²) in [5.41, 5.74) is 6.95. The molecule has 0 aliphatic heterocycles. The van der Waals surface area contributed by atoms with E-state index in [1.165, 1.54) is 6.07 Å². The average molecular weight is 437 g/mol. The molecule has 0 amide bonds. The summed E-state index contributed by atoms with van der Waals surface area (Å²) in [6.45, 7) is 0. The second-order valence-electron chi connectivity index (χ2n) is 4.97. The van der Waals surface area contributed by atoms with Crippen LogP contribution in [0.4, 0.5) is 13.2 Å². The molecule has 0 aromatic heterocycles. The molecule has 0 saturated carbocycles. The van der Waals surface area contributed by atoms with Crippen LogP contribution in [-0.2, 0) is 12.6 Å². The van der Waals surface area contributed by atoms with Gasteiger partial charge in [0, 0.05) is 15.0 Å². The van der Waals surface area contributed by atoms with E-state index in [0.29, 0.717) is 18.4 Å². The molecule has 2 aromatic rings. The molecule has 22 heavy (non-hydrogen) atoms. The van der Waals surface area contributed by atoms with Crippen LogP contribution in [0.2, 0.25) is 0 Å². The number of benzene rings is 2. The van der Waals surface area contributed by atoms with Gasteiger partial charge in [0.25, 0.3) is 0 Å². The fraction of sp³-hybridized carbons (Fsp3) is 0.250. The lowest BCUT2D eigenvalue weighted by molar-refractivity contribution is -0.137. The Bertz CT molecular complexity index is 636. The summed E-state index contributed by atoms with van der Waals surface area (Å²) in [6, 6.07) is 10.5. The zero-order valence-electron chi connectivity index (χ0n) is 11.5. The summed E-state index contributed by atoms with van der Waals surface area (Å²) in [5.74, 6) is 0. The molecule has 0 saturated heterocycles. The lowest BCUT2D eigenvalue weighted by atomic mass is 9.98. The summed E-state index contributed by atoms with van der Waals surface area (Å²) < 4.78 is 40.1. The third-order valence-electron chi connectivity index (χ3n) is 3.41. The van der Waals surface area contributed by atoms with E-state index in [1.807, 2.05) is 18.2 Å². The van der Waals surface area contributed by atoms with Crippen LogP contribution in [0.3, 0.4) is 0 Å². The lowest BCUT2D eigenvalue weighted by Crippen LogP contribution is -2.13. The summed E-state index contributed by atoms with van der Waals surface area (Å²) in [5, 5.41) is 0. The van der Waals surface area contributed by atoms with Crippen LogP contribution in [0.25, 0.3) is 0 Å². The van der Waals surface area contributed by atoms with Crippen LogP contribution in [0.5, 0.6) is 0 Å². The van der Waals surface area contributed by atoms with E-state index in [-0.39, 0.29) is 0 Å². The van der Waals surface area contributed by atoms with Gasteiger partial charge >= 0.3 is 6.18 Å². The zero-order chi connectivity index (χ0) is 16.3. The van der Waals surface area contributed by atoms with E-state index >= 15 is 0 Å². The molecular formula is C16H14Br2F3N. The van der Waals surface area contributed by atoms with Gasteiger partial charge in [-0.05, 0) is 48.2 Å². The average Bonchev–Trinajstić information content (AvgIpc) is 2.46. The van der Waals surface area contributed by atoms with Crippen molar-refractivity contribution in [3.8, 4) is 0 Å². The Morgan fingerprint density at radius 2 is 1.59 bits per heavy atom. The molecule has 0 aliphatic rings. The second kappa shape index (κ2) is 7.15. The predicted octanol–water partition coefficient (Wildman–Crippen LogP) is 5.86. The van der Waals surface area contributed by atoms with Crippen LogP contribution in [-0.4, -0.2) is 0 Å². The monoisotopic (exact) mass is 435 g/mol. The topological polar surface area (TPSA) is 26.0 Å². The Kier molecular flexibility index (Phi) is 5.69. The zero-order valence-corrected chi connectivity index (χ0v) is 14.7. The molecular weight excluding hydrogens is 423 g/mol. The molecule has 118 valence electrons. The minimum Gasteiger partial charge on any atom is -0.324 e. The van der Waals surface area contributed by atoms with E-state index < -0.39 is 17.8 Å². The van der Waals surface area contributed by atoms with Crippen molar-refractivity contribution in [2.24, 2.45) is 5.73 Å². The van der Waals surface area contributed by atoms with Gasteiger partial charge in [0.1, 0.15) is 0 Å². The van der Waals surface area contributed by atoms with Crippen molar-refractivity contribution in [2.45, 2.75) is 25.1 Å². The first kappa shape index (κ1) is 17.5. The fourth-order valence-corrected chi connectivity index (χ4v) is 3.58. The Balaban J connectivity index is 2.11. The highest BCUT2D eigenvalue weighted by Gasteiger charge is 2.30. The predicted molar refractivity (Wildman–Crippen MR) is 88.5 cm³/mol. The van der Waals surface area contributed by atoms with E-state index in [2.05, 4.69) is 31.9 Å². The minimum atomic E-state index is -4.35. The third-order valence-corrected chi connectivity index (χ3v) is 4.90. The Labute approximate surface area is 144 Å². The molecule has 0 heterocycles. The highest BCUT2D eigenvalue weighted by Crippen LogP contribution is 2.32. The van der Waals surface area contributed by atoms with E-state index in [4.69, 9.17) is 5.73 Å². The van der Waals surface area contributed by atoms with Crippen molar-refractivity contribution >= 4 is 31.9 Å². The molecule has 1 atom stereocenters. The van der Waals surface area contributed by atoms with Crippen LogP contribution >= 0.6 is 31.9 Å². The minimum absolute atomic E-state index is 0.443. The first-order chi connectivity index (χ1) is 10.3. The van der Waals surface area contributed by atoms with E-state index in [1.54, 1.807) is 6.07 Å². The van der Waals surface area contributed by atoms with Gasteiger partial charge in [0.05, 0.1) is 5.56 Å². The van der Waals surface area contributed by atoms with Gasteiger partial charge in [-0.3, -0.25) is 0 Å². The van der Waals surface area contributed by atoms with Crippen molar-refractivity contribution in [1.29, 1.82) is 0 Å². The van der Waals surface area contributed by atoms with Gasteiger partial charge in [-0.15, -0.1) is 0 Å². The van der Waals surface area contributed by atoms with Gasteiger partial charge in [0.15, 0.2) is 0 Å². The number of nitrogens with two attached hydrogens (primary N) is 1. The summed E-state index contributed by atoms with van der Waals surface area (Å²) >= 11 is 6.94. The number of halogens is 5. The number of rotatable bonds is 4. The SMILES string of the molecule is NC(CCc1c(Br)cccc1Br)c1cccc(C(F)(F)F)c1. The van der Waals surface area contributed by atoms with Crippen LogP contribution < -0.4 is 5.73 Å². The largest absolute Gasteiger partial charge is 0.416 e. The quantitative estimate of drug-likeness (QED) is 0.637. The summed E-state index contributed by atoms with van der Waals surface area (Å²) in [7, 11) is 0. The van der Waals surface area contributed by atoms with Gasteiger partial charge in [-0.1, -0.05) is 50.1 Å². The van der Waals surface area contributed by atoms with Crippen molar-refractivity contribution < 1.29 is 13.2 Å². The molecule has 1 unspecified atom stereocenters. The lowest BCUT2D eigenvalue weighted by Gasteiger charge is -2.15. The standard InChI is InChI=1S/C16H14Br2F3N/c17-13-5-2-6-14(18)12(13)7-8-15(22)10-3-1-4-11(9-10)16(19,20)21/h1-6,9,15H,7-8,22H2. The van der Waals surface area contributed by atoms with Gasteiger partial charge in [-0.2, -0.15) is 13.2 Å². The maximum Gasteiger partial charge on any atom is 0.416 e. The smallest absolute Gasteiger partial charge is 0.324 e. The fourth-order valence-electron chi connectivity index (χ4n) is 2.18. The molecule has 2 aromatic carbocycles. The third kappa shape index (κ3) is 4.33.